The molecule has 2 fully saturated rings. The summed E-state index contributed by atoms with van der Waals surface area (Å²) in [7, 11) is 0. The highest BCUT2D eigenvalue weighted by Crippen LogP contribution is 2.39. The van der Waals surface area contributed by atoms with Crippen LogP contribution in [0.3, 0.4) is 0 Å². The van der Waals surface area contributed by atoms with E-state index >= 15 is 0 Å². The van der Waals surface area contributed by atoms with Crippen LogP contribution in [0.15, 0.2) is 0 Å². The Morgan fingerprint density at radius 1 is 1.15 bits per heavy atom. The second kappa shape index (κ2) is 3.07. The van der Waals surface area contributed by atoms with Crippen LogP contribution in [0.25, 0.3) is 0 Å². The van der Waals surface area contributed by atoms with E-state index in [-0.39, 0.29) is 11.8 Å². The largest absolute Gasteiger partial charge is 0.347 e. The van der Waals surface area contributed by atoms with Crippen molar-refractivity contribution in [3.8, 4) is 0 Å². The van der Waals surface area contributed by atoms with E-state index in [1.165, 1.54) is 0 Å². The van der Waals surface area contributed by atoms with Gasteiger partial charge < -0.3 is 9.47 Å². The number of ether oxygens (including phenoxy) is 2. The molecule has 0 unspecified atom stereocenters. The van der Waals surface area contributed by atoms with Crippen LogP contribution < -0.4 is 0 Å². The Kier molecular flexibility index (Phi) is 2.16. The van der Waals surface area contributed by atoms with Gasteiger partial charge in [-0.05, 0) is 0 Å². The molecule has 1 aliphatic carbocycles. The molecule has 3 heteroatoms. The van der Waals surface area contributed by atoms with Gasteiger partial charge in [-0.3, -0.25) is 4.79 Å². The number of carbonyl (C=O) groups excluding carboxylic acids is 1. The zero-order valence-corrected chi connectivity index (χ0v) is 8.21. The second-order valence-electron chi connectivity index (χ2n) is 4.22. The van der Waals surface area contributed by atoms with Crippen LogP contribution in [0.4, 0.5) is 0 Å². The minimum Gasteiger partial charge on any atom is -0.347 e. The van der Waals surface area contributed by atoms with Gasteiger partial charge in [-0.25, -0.2) is 0 Å². The highest BCUT2D eigenvalue weighted by molar-refractivity contribution is 5.83. The first-order chi connectivity index (χ1) is 6.13. The van der Waals surface area contributed by atoms with Gasteiger partial charge in [0.2, 0.25) is 0 Å². The number of carbonyl (C=O) groups is 1. The van der Waals surface area contributed by atoms with Gasteiger partial charge in [0, 0.05) is 24.7 Å². The molecule has 0 radical (unpaired) electrons. The summed E-state index contributed by atoms with van der Waals surface area (Å²) in [6.07, 6.45) is 1.46. The van der Waals surface area contributed by atoms with Crippen molar-refractivity contribution in [3.05, 3.63) is 0 Å². The Balaban J connectivity index is 2.12. The third-order valence-electron chi connectivity index (χ3n) is 3.02. The maximum absolute atomic E-state index is 11.6. The molecule has 1 aliphatic heterocycles. The summed E-state index contributed by atoms with van der Waals surface area (Å²) < 4.78 is 11.2. The summed E-state index contributed by atoms with van der Waals surface area (Å²) in [6, 6.07) is 0. The molecule has 1 saturated carbocycles. The lowest BCUT2D eigenvalue weighted by molar-refractivity contribution is -0.196. The van der Waals surface area contributed by atoms with Gasteiger partial charge in [0.15, 0.2) is 5.79 Å². The van der Waals surface area contributed by atoms with Crippen LogP contribution in [-0.4, -0.2) is 24.8 Å². The average molecular weight is 184 g/mol. The van der Waals surface area contributed by atoms with Crippen molar-refractivity contribution in [3.63, 3.8) is 0 Å². The molecular weight excluding hydrogens is 168 g/mol. The van der Waals surface area contributed by atoms with Crippen molar-refractivity contribution in [2.24, 2.45) is 11.8 Å². The molecule has 0 N–H and O–H groups in total. The number of ketones is 1. The van der Waals surface area contributed by atoms with Crippen LogP contribution in [0, 0.1) is 11.8 Å². The fraction of sp³-hybridized carbons (Fsp3) is 0.900. The van der Waals surface area contributed by atoms with Gasteiger partial charge in [-0.1, -0.05) is 13.8 Å². The zero-order valence-electron chi connectivity index (χ0n) is 8.21. The lowest BCUT2D eigenvalue weighted by Crippen LogP contribution is -2.43. The van der Waals surface area contributed by atoms with E-state index in [9.17, 15) is 4.79 Å². The molecule has 0 amide bonds. The van der Waals surface area contributed by atoms with E-state index in [1.807, 2.05) is 13.8 Å². The van der Waals surface area contributed by atoms with E-state index < -0.39 is 5.79 Å². The van der Waals surface area contributed by atoms with Crippen molar-refractivity contribution in [2.75, 3.05) is 13.2 Å². The van der Waals surface area contributed by atoms with Gasteiger partial charge in [-0.15, -0.1) is 0 Å². The Morgan fingerprint density at radius 2 is 1.62 bits per heavy atom. The van der Waals surface area contributed by atoms with E-state index in [1.54, 1.807) is 0 Å². The first-order valence-corrected chi connectivity index (χ1v) is 4.95. The summed E-state index contributed by atoms with van der Waals surface area (Å²) >= 11 is 0. The predicted octanol–water partition coefficient (Wildman–Crippen LogP) is 1.36. The molecule has 74 valence electrons. The van der Waals surface area contributed by atoms with E-state index in [4.69, 9.17) is 9.47 Å². The smallest absolute Gasteiger partial charge is 0.169 e. The molecule has 1 heterocycles. The monoisotopic (exact) mass is 184 g/mol. The highest BCUT2D eigenvalue weighted by atomic mass is 16.7. The Morgan fingerprint density at radius 3 is 2.08 bits per heavy atom. The highest BCUT2D eigenvalue weighted by Gasteiger charge is 2.46. The fourth-order valence-electron chi connectivity index (χ4n) is 2.44. The van der Waals surface area contributed by atoms with E-state index in [0.717, 1.165) is 12.8 Å². The quantitative estimate of drug-likeness (QED) is 0.570. The predicted molar refractivity (Wildman–Crippen MR) is 47.2 cm³/mol. The van der Waals surface area contributed by atoms with Crippen LogP contribution in [0.5, 0.6) is 0 Å². The first kappa shape index (κ1) is 9.16. The van der Waals surface area contributed by atoms with Crippen molar-refractivity contribution >= 4 is 5.78 Å². The molecule has 2 rings (SSSR count). The maximum Gasteiger partial charge on any atom is 0.169 e. The van der Waals surface area contributed by atoms with Crippen molar-refractivity contribution < 1.29 is 14.3 Å². The third-order valence-corrected chi connectivity index (χ3v) is 3.02. The lowest BCUT2D eigenvalue weighted by atomic mass is 9.78. The van der Waals surface area contributed by atoms with Crippen LogP contribution in [-0.2, 0) is 14.3 Å². The van der Waals surface area contributed by atoms with Gasteiger partial charge in [-0.2, -0.15) is 0 Å². The van der Waals surface area contributed by atoms with Gasteiger partial charge in [0.1, 0.15) is 5.78 Å². The zero-order chi connectivity index (χ0) is 9.47. The minimum absolute atomic E-state index is 0.0850. The average Bonchev–Trinajstić information content (AvgIpc) is 2.49. The van der Waals surface area contributed by atoms with Gasteiger partial charge >= 0.3 is 0 Å². The Bertz CT molecular complexity index is 202. The van der Waals surface area contributed by atoms with E-state index in [0.29, 0.717) is 19.0 Å². The van der Waals surface area contributed by atoms with Crippen molar-refractivity contribution in [1.29, 1.82) is 0 Å². The summed E-state index contributed by atoms with van der Waals surface area (Å²) in [5.74, 6) is 0.0978. The molecular formula is C10H16O3. The molecule has 0 bridgehead atoms. The Hall–Kier alpha value is -0.410. The molecule has 1 saturated heterocycles. The summed E-state index contributed by atoms with van der Waals surface area (Å²) in [5.41, 5.74) is 0. The van der Waals surface area contributed by atoms with Crippen LogP contribution in [0.2, 0.25) is 0 Å². The fourth-order valence-corrected chi connectivity index (χ4v) is 2.44. The third kappa shape index (κ3) is 1.51. The second-order valence-corrected chi connectivity index (χ2v) is 4.22. The topological polar surface area (TPSA) is 35.5 Å². The standard InChI is InChI=1S/C10H16O3/c1-7-5-10(12-3-4-13-10)6-8(2)9(7)11/h7-8H,3-6H2,1-2H3/t7-,8-/m0/s1. The lowest BCUT2D eigenvalue weighted by Gasteiger charge is -2.37. The normalized spacial score (nSPS) is 38.5. The number of hydrogen-bond acceptors (Lipinski definition) is 3. The van der Waals surface area contributed by atoms with E-state index in [2.05, 4.69) is 0 Å². The molecule has 0 aromatic carbocycles. The van der Waals surface area contributed by atoms with Gasteiger partial charge in [0.25, 0.3) is 0 Å². The maximum atomic E-state index is 11.6. The molecule has 2 aliphatic rings. The summed E-state index contributed by atoms with van der Waals surface area (Å²) in [6.45, 7) is 5.27. The van der Waals surface area contributed by atoms with Crippen LogP contribution >= 0.6 is 0 Å². The summed E-state index contributed by atoms with van der Waals surface area (Å²) in [5, 5.41) is 0. The van der Waals surface area contributed by atoms with Crippen molar-refractivity contribution in [2.45, 2.75) is 32.5 Å². The Labute approximate surface area is 78.4 Å². The minimum atomic E-state index is -0.424. The number of Topliss-reactive ketones (excluding diaryl/α,β-unsaturated/α-hetero) is 1. The molecule has 0 aromatic heterocycles. The SMILES string of the molecule is C[C@H]1CC2(C[C@H](C)C1=O)OCCO2. The number of rotatable bonds is 0. The molecule has 13 heavy (non-hydrogen) atoms. The molecule has 2 atom stereocenters. The van der Waals surface area contributed by atoms with Gasteiger partial charge in [0.05, 0.1) is 13.2 Å². The number of hydrogen-bond donors (Lipinski definition) is 0. The first-order valence-electron chi connectivity index (χ1n) is 4.95. The molecule has 1 spiro atoms. The summed E-state index contributed by atoms with van der Waals surface area (Å²) in [4.78, 5) is 11.6. The molecule has 0 aromatic rings. The van der Waals surface area contributed by atoms with Crippen molar-refractivity contribution in [1.82, 2.24) is 0 Å². The van der Waals surface area contributed by atoms with Crippen LogP contribution in [0.1, 0.15) is 26.7 Å². The molecule has 3 nitrogen and oxygen atoms in total.